The predicted octanol–water partition coefficient (Wildman–Crippen LogP) is 0.744. The molecule has 1 aromatic heterocycles. The molecule has 0 unspecified atom stereocenters. The number of hydrogen-bond donors (Lipinski definition) is 2. The Morgan fingerprint density at radius 2 is 1.92 bits per heavy atom. The summed E-state index contributed by atoms with van der Waals surface area (Å²) in [5.41, 5.74) is 6.96. The molecule has 2 rings (SSSR count). The highest BCUT2D eigenvalue weighted by atomic mass is 35.5. The van der Waals surface area contributed by atoms with E-state index >= 15 is 0 Å². The number of amides is 1. The van der Waals surface area contributed by atoms with E-state index in [1.165, 1.54) is 9.47 Å². The van der Waals surface area contributed by atoms with Gasteiger partial charge in [-0.3, -0.25) is 14.2 Å². The van der Waals surface area contributed by atoms with Crippen LogP contribution in [0.3, 0.4) is 0 Å². The molecule has 0 aliphatic carbocycles. The third-order valence-electron chi connectivity index (χ3n) is 4.38. The second kappa shape index (κ2) is 10.5. The molecule has 26 heavy (non-hydrogen) atoms. The van der Waals surface area contributed by atoms with Gasteiger partial charge in [-0.2, -0.15) is 4.98 Å². The molecule has 8 nitrogen and oxygen atoms in total. The van der Waals surface area contributed by atoms with Crippen molar-refractivity contribution in [1.82, 2.24) is 14.5 Å². The second-order valence-corrected chi connectivity index (χ2v) is 6.39. The smallest absolute Gasteiger partial charge is 0.347 e. The number of carbonyl (C=O) groups excluding carboxylic acids is 1. The van der Waals surface area contributed by atoms with Gasteiger partial charge in [0.25, 0.3) is 0 Å². The Hall–Kier alpha value is -1.64. The van der Waals surface area contributed by atoms with Crippen LogP contribution in [-0.4, -0.2) is 50.6 Å². The number of rotatable bonds is 4. The van der Waals surface area contributed by atoms with E-state index in [-0.39, 0.29) is 62.0 Å². The van der Waals surface area contributed by atoms with Crippen LogP contribution in [0.2, 0.25) is 0 Å². The highest BCUT2D eigenvalue weighted by Crippen LogP contribution is 2.17. The van der Waals surface area contributed by atoms with Crippen LogP contribution in [0.5, 0.6) is 0 Å². The maximum absolute atomic E-state index is 12.5. The van der Waals surface area contributed by atoms with Gasteiger partial charge in [0.05, 0.1) is 5.92 Å². The second-order valence-electron chi connectivity index (χ2n) is 6.39. The average molecular weight is 409 g/mol. The summed E-state index contributed by atoms with van der Waals surface area (Å²) in [5.74, 6) is -1.69. The molecule has 1 aliphatic heterocycles. The Balaban J connectivity index is 0.00000312. The predicted molar refractivity (Wildman–Crippen MR) is 102 cm³/mol. The fourth-order valence-corrected chi connectivity index (χ4v) is 3.04. The summed E-state index contributed by atoms with van der Waals surface area (Å²) in [6, 6.07) is 1.57. The van der Waals surface area contributed by atoms with E-state index in [2.05, 4.69) is 4.98 Å². The van der Waals surface area contributed by atoms with E-state index < -0.39 is 11.9 Å². The van der Waals surface area contributed by atoms with Crippen LogP contribution in [0.4, 0.5) is 0 Å². The number of carbonyl (C=O) groups is 2. The van der Waals surface area contributed by atoms with Gasteiger partial charge in [-0.25, -0.2) is 4.79 Å². The summed E-state index contributed by atoms with van der Waals surface area (Å²) in [7, 11) is 0. The summed E-state index contributed by atoms with van der Waals surface area (Å²) >= 11 is 0. The van der Waals surface area contributed by atoms with E-state index in [4.69, 9.17) is 5.73 Å². The monoisotopic (exact) mass is 408 g/mol. The molecule has 0 spiro atoms. The molecular formula is C16H26Cl2N4O4. The molecule has 2 heterocycles. The van der Waals surface area contributed by atoms with Crippen molar-refractivity contribution in [3.63, 3.8) is 0 Å². The van der Waals surface area contributed by atoms with Crippen LogP contribution in [-0.2, 0) is 16.1 Å². The number of hydrogen-bond acceptors (Lipinski definition) is 5. The standard InChI is InChI=1S/C16H24N4O4.2ClH/c1-10-7-11(2)20(16(24)18-10)6-5-14(21)19-8-12(15(22)23)3-4-13(17)9-19;;/h7,12-13H,3-6,8-9,17H2,1-2H3,(H,22,23);2*1H/t12-,13+;;/m0../s1. The van der Waals surface area contributed by atoms with Gasteiger partial charge in [0.15, 0.2) is 0 Å². The summed E-state index contributed by atoms with van der Waals surface area (Å²) in [6.07, 6.45) is 1.17. The Morgan fingerprint density at radius 1 is 1.27 bits per heavy atom. The highest BCUT2D eigenvalue weighted by molar-refractivity contribution is 5.85. The summed E-state index contributed by atoms with van der Waals surface area (Å²) in [5, 5.41) is 9.22. The molecule has 1 saturated heterocycles. The van der Waals surface area contributed by atoms with Crippen LogP contribution >= 0.6 is 24.8 Å². The fourth-order valence-electron chi connectivity index (χ4n) is 3.04. The summed E-state index contributed by atoms with van der Waals surface area (Å²) in [6.45, 7) is 4.28. The zero-order valence-electron chi connectivity index (χ0n) is 14.9. The van der Waals surface area contributed by atoms with Gasteiger partial charge in [0.1, 0.15) is 0 Å². The molecule has 148 valence electrons. The van der Waals surface area contributed by atoms with Crippen LogP contribution in [0.1, 0.15) is 30.7 Å². The molecule has 3 N–H and O–H groups in total. The number of halogens is 2. The average Bonchev–Trinajstić information content (AvgIpc) is 2.68. The lowest BCUT2D eigenvalue weighted by atomic mass is 10.0. The third-order valence-corrected chi connectivity index (χ3v) is 4.38. The molecule has 0 aromatic carbocycles. The van der Waals surface area contributed by atoms with Crippen molar-refractivity contribution in [3.05, 3.63) is 27.9 Å². The largest absolute Gasteiger partial charge is 0.481 e. The minimum absolute atomic E-state index is 0. The number of nitrogens with two attached hydrogens (primary N) is 1. The van der Waals surface area contributed by atoms with Crippen molar-refractivity contribution in [2.24, 2.45) is 11.7 Å². The number of aryl methyl sites for hydroxylation is 2. The quantitative estimate of drug-likeness (QED) is 0.758. The topological polar surface area (TPSA) is 119 Å². The van der Waals surface area contributed by atoms with Crippen LogP contribution in [0.25, 0.3) is 0 Å². The maximum Gasteiger partial charge on any atom is 0.347 e. The van der Waals surface area contributed by atoms with Crippen molar-refractivity contribution in [3.8, 4) is 0 Å². The first-order valence-corrected chi connectivity index (χ1v) is 8.09. The van der Waals surface area contributed by atoms with Crippen molar-refractivity contribution in [2.75, 3.05) is 13.1 Å². The molecule has 1 aliphatic rings. The van der Waals surface area contributed by atoms with Crippen LogP contribution in [0, 0.1) is 19.8 Å². The SMILES string of the molecule is Cc1cc(C)n(CCC(=O)N2C[C@H](N)CC[C@H](C(=O)O)C2)c(=O)n1.Cl.Cl. The molecule has 0 bridgehead atoms. The lowest BCUT2D eigenvalue weighted by molar-refractivity contribution is -0.143. The minimum atomic E-state index is -0.906. The number of nitrogens with zero attached hydrogens (tertiary/aromatic N) is 3. The first kappa shape index (κ1) is 24.4. The Labute approximate surface area is 164 Å². The Morgan fingerprint density at radius 3 is 2.50 bits per heavy atom. The van der Waals surface area contributed by atoms with Gasteiger partial charge >= 0.3 is 11.7 Å². The van der Waals surface area contributed by atoms with Crippen molar-refractivity contribution in [1.29, 1.82) is 0 Å². The van der Waals surface area contributed by atoms with Gasteiger partial charge in [-0.1, -0.05) is 0 Å². The number of aliphatic carboxylic acids is 1. The van der Waals surface area contributed by atoms with E-state index in [1.54, 1.807) is 19.9 Å². The maximum atomic E-state index is 12.5. The first-order chi connectivity index (χ1) is 11.3. The van der Waals surface area contributed by atoms with Crippen molar-refractivity contribution >= 4 is 36.7 Å². The molecule has 1 fully saturated rings. The number of carboxylic acids is 1. The number of carboxylic acid groups (broad SMARTS) is 1. The molecule has 1 aromatic rings. The zero-order chi connectivity index (χ0) is 17.9. The Kier molecular flexibility index (Phi) is 9.83. The lowest BCUT2D eigenvalue weighted by Gasteiger charge is -2.24. The summed E-state index contributed by atoms with van der Waals surface area (Å²) < 4.78 is 1.46. The number of aromatic nitrogens is 2. The van der Waals surface area contributed by atoms with Gasteiger partial charge in [-0.05, 0) is 32.8 Å². The van der Waals surface area contributed by atoms with Crippen molar-refractivity contribution in [2.45, 2.75) is 45.7 Å². The Bertz CT molecular complexity index is 695. The fraction of sp³-hybridized carbons (Fsp3) is 0.625. The minimum Gasteiger partial charge on any atom is -0.481 e. The third kappa shape index (κ3) is 6.26. The molecule has 2 atom stereocenters. The molecule has 1 amide bonds. The van der Waals surface area contributed by atoms with Crippen LogP contribution < -0.4 is 11.4 Å². The van der Waals surface area contributed by atoms with Crippen molar-refractivity contribution < 1.29 is 14.7 Å². The van der Waals surface area contributed by atoms with Gasteiger partial charge < -0.3 is 15.7 Å². The summed E-state index contributed by atoms with van der Waals surface area (Å²) in [4.78, 5) is 41.0. The van der Waals surface area contributed by atoms with Gasteiger partial charge in [0.2, 0.25) is 5.91 Å². The zero-order valence-corrected chi connectivity index (χ0v) is 16.5. The van der Waals surface area contributed by atoms with Crippen LogP contribution in [0.15, 0.2) is 10.9 Å². The normalized spacial score (nSPS) is 19.7. The molecule has 0 saturated carbocycles. The van der Waals surface area contributed by atoms with E-state index in [0.717, 1.165) is 5.69 Å². The van der Waals surface area contributed by atoms with Gasteiger partial charge in [0, 0.05) is 43.5 Å². The van der Waals surface area contributed by atoms with E-state index in [0.29, 0.717) is 25.1 Å². The lowest BCUT2D eigenvalue weighted by Crippen LogP contribution is -2.42. The highest BCUT2D eigenvalue weighted by Gasteiger charge is 2.29. The van der Waals surface area contributed by atoms with Gasteiger partial charge in [-0.15, -0.1) is 24.8 Å². The van der Waals surface area contributed by atoms with E-state index in [1.807, 2.05) is 0 Å². The number of likely N-dealkylation sites (tertiary alicyclic amines) is 1. The molecule has 0 radical (unpaired) electrons. The first-order valence-electron chi connectivity index (χ1n) is 8.09. The molecular weight excluding hydrogens is 383 g/mol. The van der Waals surface area contributed by atoms with E-state index in [9.17, 15) is 19.5 Å². The molecule has 10 heteroatoms.